The van der Waals surface area contributed by atoms with E-state index in [0.29, 0.717) is 52.6 Å². The summed E-state index contributed by atoms with van der Waals surface area (Å²) >= 11 is 0. The van der Waals surface area contributed by atoms with E-state index < -0.39 is 32.7 Å². The van der Waals surface area contributed by atoms with Gasteiger partial charge in [-0.3, -0.25) is 0 Å². The molecular weight excluding hydrogens is 595 g/mol. The molecule has 3 aliphatic rings. The molecule has 0 radical (unpaired) electrons. The highest BCUT2D eigenvalue weighted by Crippen LogP contribution is 2.62. The lowest BCUT2D eigenvalue weighted by Crippen LogP contribution is -2.34. The molecule has 44 heavy (non-hydrogen) atoms. The zero-order valence-corrected chi connectivity index (χ0v) is 25.3. The number of imidazole rings is 1. The van der Waals surface area contributed by atoms with Gasteiger partial charge >= 0.3 is 6.18 Å². The Kier molecular flexibility index (Phi) is 6.33. The van der Waals surface area contributed by atoms with E-state index in [0.717, 1.165) is 24.7 Å². The van der Waals surface area contributed by atoms with Gasteiger partial charge < -0.3 is 9.30 Å². The van der Waals surface area contributed by atoms with Crippen LogP contribution in [0.15, 0.2) is 43.0 Å². The van der Waals surface area contributed by atoms with Crippen molar-refractivity contribution in [3.05, 3.63) is 65.5 Å². The van der Waals surface area contributed by atoms with Gasteiger partial charge in [-0.2, -0.15) is 13.2 Å². The Hall–Kier alpha value is -4.07. The molecule has 0 unspecified atom stereocenters. The quantitative estimate of drug-likeness (QED) is 0.239. The van der Waals surface area contributed by atoms with Crippen LogP contribution in [0.5, 0.6) is 5.88 Å². The van der Waals surface area contributed by atoms with Crippen molar-refractivity contribution in [3.63, 3.8) is 0 Å². The van der Waals surface area contributed by atoms with E-state index in [9.17, 15) is 21.6 Å². The Morgan fingerprint density at radius 2 is 1.73 bits per heavy atom. The lowest BCUT2D eigenvalue weighted by atomic mass is 10.0. The summed E-state index contributed by atoms with van der Waals surface area (Å²) in [6, 6.07) is 5.87. The van der Waals surface area contributed by atoms with Gasteiger partial charge in [0.1, 0.15) is 22.5 Å². The minimum Gasteiger partial charge on any atom is -0.480 e. The number of aromatic nitrogens is 6. The maximum atomic E-state index is 14.1. The SMILES string of the molecule is COc1ncnc(C2CC2)c1-c1ncc2c(n1)N([C@@H](C)c1ccc(-c3nc(C(F)(F)F)cn3C(C)C)cc1)S(=O)(=O)C21CC1. The van der Waals surface area contributed by atoms with Crippen LogP contribution in [0.3, 0.4) is 0 Å². The number of sulfonamides is 1. The smallest absolute Gasteiger partial charge is 0.434 e. The lowest BCUT2D eigenvalue weighted by molar-refractivity contribution is -0.140. The number of rotatable bonds is 7. The first-order valence-corrected chi connectivity index (χ1v) is 15.9. The summed E-state index contributed by atoms with van der Waals surface area (Å²) in [7, 11) is -2.35. The lowest BCUT2D eigenvalue weighted by Gasteiger charge is -2.26. The standard InChI is InChI=1S/C30H30F3N7O3S/c1-16(2)39-14-22(30(31,32)33)37-26(39)20-9-5-18(6-10-20)17(3)40-27-21(29(11-12-29)44(40,41)42)13-34-25(38-27)23-24(19-7-8-19)35-15-36-28(23)43-4/h5-6,9-10,13-17,19H,7-8,11-12H2,1-4H3/t17-/m0/s1. The fourth-order valence-electron chi connectivity index (χ4n) is 6.05. The summed E-state index contributed by atoms with van der Waals surface area (Å²) in [5.74, 6) is 1.36. The van der Waals surface area contributed by atoms with Crippen LogP contribution in [0.1, 0.15) is 87.0 Å². The van der Waals surface area contributed by atoms with Gasteiger partial charge in [-0.05, 0) is 52.0 Å². The molecule has 230 valence electrons. The van der Waals surface area contributed by atoms with Crippen molar-refractivity contribution in [2.24, 2.45) is 0 Å². The molecule has 0 bridgehead atoms. The summed E-state index contributed by atoms with van der Waals surface area (Å²) in [5, 5.41) is 0. The van der Waals surface area contributed by atoms with Gasteiger partial charge in [-0.25, -0.2) is 37.6 Å². The molecule has 1 aliphatic heterocycles. The fraction of sp³-hybridized carbons (Fsp3) is 0.433. The second-order valence-corrected chi connectivity index (χ2v) is 14.0. The summed E-state index contributed by atoms with van der Waals surface area (Å²) < 4.78 is 75.8. The zero-order chi connectivity index (χ0) is 31.2. The molecule has 2 aliphatic carbocycles. The first kappa shape index (κ1) is 28.7. The topological polar surface area (TPSA) is 116 Å². The number of ether oxygens (including phenoxy) is 1. The second-order valence-electron chi connectivity index (χ2n) is 11.9. The van der Waals surface area contributed by atoms with Gasteiger partial charge in [-0.15, -0.1) is 0 Å². The molecule has 7 rings (SSSR count). The highest BCUT2D eigenvalue weighted by molar-refractivity contribution is 7.94. The number of nitrogens with zero attached hydrogens (tertiary/aromatic N) is 7. The van der Waals surface area contributed by atoms with E-state index in [1.54, 1.807) is 51.2 Å². The summed E-state index contributed by atoms with van der Waals surface area (Å²) in [6.45, 7) is 5.34. The molecule has 1 atom stereocenters. The van der Waals surface area contributed by atoms with Gasteiger partial charge in [0.05, 0.1) is 18.8 Å². The van der Waals surface area contributed by atoms with Crippen LogP contribution in [0.2, 0.25) is 0 Å². The Morgan fingerprint density at radius 3 is 2.32 bits per heavy atom. The average Bonchev–Trinajstić information content (AvgIpc) is 3.92. The predicted octanol–water partition coefficient (Wildman–Crippen LogP) is 6.18. The van der Waals surface area contributed by atoms with Crippen LogP contribution in [0, 0.1) is 0 Å². The maximum absolute atomic E-state index is 14.1. The molecule has 0 N–H and O–H groups in total. The number of hydrogen-bond acceptors (Lipinski definition) is 8. The highest BCUT2D eigenvalue weighted by atomic mass is 32.2. The third kappa shape index (κ3) is 4.28. The second kappa shape index (κ2) is 9.71. The molecule has 1 aromatic carbocycles. The van der Waals surface area contributed by atoms with Crippen molar-refractivity contribution in [2.75, 3.05) is 11.4 Å². The number of hydrogen-bond donors (Lipinski definition) is 0. The van der Waals surface area contributed by atoms with Crippen molar-refractivity contribution in [1.29, 1.82) is 0 Å². The Morgan fingerprint density at radius 1 is 1.02 bits per heavy atom. The molecule has 10 nitrogen and oxygen atoms in total. The van der Waals surface area contributed by atoms with Crippen LogP contribution in [0.4, 0.5) is 19.0 Å². The van der Waals surface area contributed by atoms with Crippen molar-refractivity contribution < 1.29 is 26.3 Å². The molecule has 0 amide bonds. The minimum absolute atomic E-state index is 0.186. The minimum atomic E-state index is -4.57. The Balaban J connectivity index is 1.29. The van der Waals surface area contributed by atoms with Crippen LogP contribution >= 0.6 is 0 Å². The average molecular weight is 626 g/mol. The summed E-state index contributed by atoms with van der Waals surface area (Å²) in [5.41, 5.74) is 2.08. The first-order valence-electron chi connectivity index (χ1n) is 14.4. The van der Waals surface area contributed by atoms with Crippen molar-refractivity contribution in [2.45, 2.75) is 75.4 Å². The molecule has 3 aromatic heterocycles. The van der Waals surface area contributed by atoms with Crippen LogP contribution < -0.4 is 9.04 Å². The van der Waals surface area contributed by atoms with Gasteiger partial charge in [0, 0.05) is 35.5 Å². The van der Waals surface area contributed by atoms with Crippen molar-refractivity contribution in [1.82, 2.24) is 29.5 Å². The van der Waals surface area contributed by atoms with E-state index in [1.807, 2.05) is 0 Å². The van der Waals surface area contributed by atoms with Crippen LogP contribution in [0.25, 0.3) is 22.8 Å². The van der Waals surface area contributed by atoms with E-state index >= 15 is 0 Å². The first-order chi connectivity index (χ1) is 20.9. The number of anilines is 1. The predicted molar refractivity (Wildman–Crippen MR) is 155 cm³/mol. The molecule has 14 heteroatoms. The molecule has 2 saturated carbocycles. The molecule has 4 heterocycles. The summed E-state index contributed by atoms with van der Waals surface area (Å²) in [4.78, 5) is 22.1. The molecular formula is C30H30F3N7O3S. The third-order valence-electron chi connectivity index (χ3n) is 8.73. The number of alkyl halides is 3. The zero-order valence-electron chi connectivity index (χ0n) is 24.5. The summed E-state index contributed by atoms with van der Waals surface area (Å²) in [6.07, 6.45) is 2.38. The highest BCUT2D eigenvalue weighted by Gasteiger charge is 2.66. The third-order valence-corrected chi connectivity index (χ3v) is 11.4. The molecule has 2 fully saturated rings. The number of fused-ring (bicyclic) bond motifs is 2. The molecule has 4 aromatic rings. The fourth-order valence-corrected chi connectivity index (χ4v) is 8.37. The number of methoxy groups -OCH3 is 1. The Bertz CT molecular complexity index is 1880. The van der Waals surface area contributed by atoms with Crippen molar-refractivity contribution >= 4 is 15.8 Å². The van der Waals surface area contributed by atoms with E-state index in [2.05, 4.69) is 19.9 Å². The largest absolute Gasteiger partial charge is 0.480 e. The number of benzene rings is 1. The van der Waals surface area contributed by atoms with E-state index in [1.165, 1.54) is 22.3 Å². The van der Waals surface area contributed by atoms with Gasteiger partial charge in [0.25, 0.3) is 0 Å². The van der Waals surface area contributed by atoms with Gasteiger partial charge in [0.2, 0.25) is 15.9 Å². The maximum Gasteiger partial charge on any atom is 0.434 e. The van der Waals surface area contributed by atoms with E-state index in [4.69, 9.17) is 9.72 Å². The molecule has 0 saturated heterocycles. The van der Waals surface area contributed by atoms with Gasteiger partial charge in [0.15, 0.2) is 17.3 Å². The number of halogens is 3. The monoisotopic (exact) mass is 625 g/mol. The van der Waals surface area contributed by atoms with Crippen LogP contribution in [-0.2, 0) is 20.9 Å². The van der Waals surface area contributed by atoms with Gasteiger partial charge in [-0.1, -0.05) is 24.3 Å². The Labute approximate surface area is 252 Å². The molecule has 1 spiro atoms. The normalized spacial score (nSPS) is 19.0. The van der Waals surface area contributed by atoms with E-state index in [-0.39, 0.29) is 17.8 Å². The van der Waals surface area contributed by atoms with Crippen LogP contribution in [-0.4, -0.2) is 45.0 Å². The van der Waals surface area contributed by atoms with Crippen molar-refractivity contribution in [3.8, 4) is 28.7 Å².